The van der Waals surface area contributed by atoms with Gasteiger partial charge >= 0.3 is 0 Å². The topological polar surface area (TPSA) is 101 Å². The molecule has 8 heteroatoms. The molecule has 0 spiro atoms. The van der Waals surface area contributed by atoms with Crippen molar-refractivity contribution in [3.05, 3.63) is 60.5 Å². The molecule has 1 aromatic carbocycles. The van der Waals surface area contributed by atoms with Crippen molar-refractivity contribution in [1.29, 1.82) is 0 Å². The maximum absolute atomic E-state index is 13.0. The zero-order chi connectivity index (χ0) is 19.6. The van der Waals surface area contributed by atoms with Crippen LogP contribution in [0.3, 0.4) is 0 Å². The quantitative estimate of drug-likeness (QED) is 0.576. The summed E-state index contributed by atoms with van der Waals surface area (Å²) in [4.78, 5) is 30.8. The van der Waals surface area contributed by atoms with E-state index in [4.69, 9.17) is 4.52 Å². The molecule has 1 fully saturated rings. The summed E-state index contributed by atoms with van der Waals surface area (Å²) in [6, 6.07) is 7.77. The third-order valence-corrected chi connectivity index (χ3v) is 5.33. The summed E-state index contributed by atoms with van der Waals surface area (Å²) in [6.07, 6.45) is 9.34. The molecule has 5 rings (SSSR count). The highest BCUT2D eigenvalue weighted by Crippen LogP contribution is 2.24. The molecule has 1 N–H and O–H groups in total. The molecule has 1 atom stereocenters. The van der Waals surface area contributed by atoms with Gasteiger partial charge in [-0.15, -0.1) is 0 Å². The van der Waals surface area contributed by atoms with Gasteiger partial charge in [0.15, 0.2) is 0 Å². The van der Waals surface area contributed by atoms with E-state index in [9.17, 15) is 4.79 Å². The lowest BCUT2D eigenvalue weighted by molar-refractivity contribution is 0.0668. The molecule has 0 saturated carbocycles. The monoisotopic (exact) mass is 388 g/mol. The Labute approximate surface area is 167 Å². The lowest BCUT2D eigenvalue weighted by atomic mass is 9.94. The van der Waals surface area contributed by atoms with Crippen LogP contribution < -0.4 is 0 Å². The minimum absolute atomic E-state index is 0.0728. The molecule has 4 aromatic rings. The maximum Gasteiger partial charge on any atom is 0.253 e. The number of fused-ring (bicyclic) bond motifs is 1. The summed E-state index contributed by atoms with van der Waals surface area (Å²) in [5.41, 5.74) is 2.34. The number of rotatable bonds is 4. The minimum atomic E-state index is 0.0728. The summed E-state index contributed by atoms with van der Waals surface area (Å²) < 4.78 is 5.41. The number of aromatic nitrogens is 5. The van der Waals surface area contributed by atoms with Crippen molar-refractivity contribution in [2.75, 3.05) is 13.1 Å². The highest BCUT2D eigenvalue weighted by molar-refractivity contribution is 5.98. The van der Waals surface area contributed by atoms with Crippen LogP contribution in [0.1, 0.15) is 29.1 Å². The number of piperidine rings is 1. The van der Waals surface area contributed by atoms with Crippen molar-refractivity contribution < 1.29 is 9.32 Å². The number of nitrogens with zero attached hydrogens (tertiary/aromatic N) is 5. The van der Waals surface area contributed by atoms with Crippen LogP contribution in [0.15, 0.2) is 53.6 Å². The molecule has 4 heterocycles. The molecular weight excluding hydrogens is 368 g/mol. The van der Waals surface area contributed by atoms with E-state index in [-0.39, 0.29) is 5.91 Å². The average Bonchev–Trinajstić information content (AvgIpc) is 3.43. The average molecular weight is 388 g/mol. The standard InChI is InChI=1S/C21H20N6O2/c28-21(16-3-4-17-15(11-16)5-6-23-17)27-9-1-2-14(13-27)10-19-25-20(26-29-19)18-12-22-7-8-24-18/h3-8,11-12,14,23H,1-2,9-10,13H2/t14-/m1/s1. The van der Waals surface area contributed by atoms with Crippen LogP contribution in [0, 0.1) is 5.92 Å². The predicted octanol–water partition coefficient (Wildman–Crippen LogP) is 3.10. The zero-order valence-electron chi connectivity index (χ0n) is 15.8. The first-order valence-electron chi connectivity index (χ1n) is 9.71. The van der Waals surface area contributed by atoms with Gasteiger partial charge in [0, 0.05) is 54.6 Å². The van der Waals surface area contributed by atoms with Gasteiger partial charge in [0.25, 0.3) is 5.91 Å². The molecule has 1 aliphatic heterocycles. The van der Waals surface area contributed by atoms with Gasteiger partial charge in [-0.1, -0.05) is 5.16 Å². The number of likely N-dealkylation sites (tertiary alicyclic amines) is 1. The molecule has 8 nitrogen and oxygen atoms in total. The molecule has 1 aliphatic rings. The fourth-order valence-corrected chi connectivity index (χ4v) is 3.89. The number of H-pyrrole nitrogens is 1. The van der Waals surface area contributed by atoms with Crippen LogP contribution >= 0.6 is 0 Å². The first-order chi connectivity index (χ1) is 14.3. The second-order valence-corrected chi connectivity index (χ2v) is 7.35. The summed E-state index contributed by atoms with van der Waals surface area (Å²) in [5.74, 6) is 1.37. The van der Waals surface area contributed by atoms with Crippen molar-refractivity contribution in [2.45, 2.75) is 19.3 Å². The van der Waals surface area contributed by atoms with Crippen molar-refractivity contribution in [1.82, 2.24) is 30.0 Å². The van der Waals surface area contributed by atoms with Gasteiger partial charge in [-0.2, -0.15) is 4.98 Å². The maximum atomic E-state index is 13.0. The molecule has 3 aromatic heterocycles. The Morgan fingerprint density at radius 2 is 2.24 bits per heavy atom. The van der Waals surface area contributed by atoms with E-state index in [1.807, 2.05) is 35.4 Å². The van der Waals surface area contributed by atoms with Crippen LogP contribution in [0.5, 0.6) is 0 Å². The van der Waals surface area contributed by atoms with Crippen molar-refractivity contribution in [3.63, 3.8) is 0 Å². The van der Waals surface area contributed by atoms with E-state index >= 15 is 0 Å². The smallest absolute Gasteiger partial charge is 0.253 e. The number of hydrogen-bond donors (Lipinski definition) is 1. The number of amides is 1. The Morgan fingerprint density at radius 1 is 1.28 bits per heavy atom. The van der Waals surface area contributed by atoms with Crippen LogP contribution in [0.25, 0.3) is 22.4 Å². The summed E-state index contributed by atoms with van der Waals surface area (Å²) in [6.45, 7) is 1.46. The largest absolute Gasteiger partial charge is 0.361 e. The van der Waals surface area contributed by atoms with Gasteiger partial charge in [0.05, 0.1) is 6.20 Å². The van der Waals surface area contributed by atoms with Gasteiger partial charge in [-0.05, 0) is 43.0 Å². The minimum Gasteiger partial charge on any atom is -0.361 e. The molecule has 146 valence electrons. The Hall–Kier alpha value is -3.55. The fraction of sp³-hybridized carbons (Fsp3) is 0.286. The van der Waals surface area contributed by atoms with E-state index in [2.05, 4.69) is 25.1 Å². The van der Waals surface area contributed by atoms with Gasteiger partial charge < -0.3 is 14.4 Å². The summed E-state index contributed by atoms with van der Waals surface area (Å²) >= 11 is 0. The second-order valence-electron chi connectivity index (χ2n) is 7.35. The number of nitrogens with one attached hydrogen (secondary N) is 1. The third-order valence-electron chi connectivity index (χ3n) is 5.33. The van der Waals surface area contributed by atoms with Gasteiger partial charge in [-0.3, -0.25) is 9.78 Å². The molecule has 0 bridgehead atoms. The first kappa shape index (κ1) is 17.5. The normalized spacial score (nSPS) is 17.0. The molecule has 0 radical (unpaired) electrons. The Morgan fingerprint density at radius 3 is 3.14 bits per heavy atom. The van der Waals surface area contributed by atoms with Crippen molar-refractivity contribution >= 4 is 16.8 Å². The number of benzene rings is 1. The number of hydrogen-bond acceptors (Lipinski definition) is 6. The predicted molar refractivity (Wildman–Crippen MR) is 106 cm³/mol. The number of carbonyl (C=O) groups excluding carboxylic acids is 1. The molecule has 1 amide bonds. The van der Waals surface area contributed by atoms with Gasteiger partial charge in [-0.25, -0.2) is 4.98 Å². The summed E-state index contributed by atoms with van der Waals surface area (Å²) in [5, 5.41) is 5.05. The Bertz CT molecular complexity index is 1140. The molecule has 29 heavy (non-hydrogen) atoms. The van der Waals surface area contributed by atoms with Gasteiger partial charge in [0.1, 0.15) is 5.69 Å². The second kappa shape index (κ2) is 7.46. The Balaban J connectivity index is 1.27. The highest BCUT2D eigenvalue weighted by atomic mass is 16.5. The van der Waals surface area contributed by atoms with Crippen LogP contribution in [0.4, 0.5) is 0 Å². The first-order valence-corrected chi connectivity index (χ1v) is 9.71. The van der Waals surface area contributed by atoms with E-state index in [0.29, 0.717) is 36.3 Å². The van der Waals surface area contributed by atoms with Crippen molar-refractivity contribution in [3.8, 4) is 11.5 Å². The number of carbonyl (C=O) groups is 1. The van der Waals surface area contributed by atoms with E-state index in [1.165, 1.54) is 0 Å². The van der Waals surface area contributed by atoms with Crippen molar-refractivity contribution in [2.24, 2.45) is 5.92 Å². The van der Waals surface area contributed by atoms with Crippen LogP contribution in [-0.4, -0.2) is 49.0 Å². The van der Waals surface area contributed by atoms with Crippen LogP contribution in [-0.2, 0) is 6.42 Å². The molecular formula is C21H20N6O2. The van der Waals surface area contributed by atoms with Gasteiger partial charge in [0.2, 0.25) is 11.7 Å². The number of aromatic amines is 1. The van der Waals surface area contributed by atoms with E-state index < -0.39 is 0 Å². The summed E-state index contributed by atoms with van der Waals surface area (Å²) in [7, 11) is 0. The molecule has 0 aliphatic carbocycles. The highest BCUT2D eigenvalue weighted by Gasteiger charge is 2.26. The molecule has 0 unspecified atom stereocenters. The lowest BCUT2D eigenvalue weighted by Crippen LogP contribution is -2.40. The fourth-order valence-electron chi connectivity index (χ4n) is 3.89. The zero-order valence-corrected chi connectivity index (χ0v) is 15.8. The van der Waals surface area contributed by atoms with E-state index in [1.54, 1.807) is 18.6 Å². The van der Waals surface area contributed by atoms with E-state index in [0.717, 1.165) is 35.9 Å². The van der Waals surface area contributed by atoms with Crippen LogP contribution in [0.2, 0.25) is 0 Å². The Kier molecular flexibility index (Phi) is 4.51. The lowest BCUT2D eigenvalue weighted by Gasteiger charge is -2.32. The third kappa shape index (κ3) is 3.61. The molecule has 1 saturated heterocycles. The SMILES string of the molecule is O=C(c1ccc2[nH]ccc2c1)N1CCC[C@H](Cc2nc(-c3cnccn3)no2)C1.